The third-order valence-electron chi connectivity index (χ3n) is 2.48. The summed E-state index contributed by atoms with van der Waals surface area (Å²) < 4.78 is 0. The normalized spacial score (nSPS) is 11.6. The van der Waals surface area contributed by atoms with Crippen molar-refractivity contribution in [2.24, 2.45) is 0 Å². The molecule has 4 heteroatoms. The number of nitrogens with one attached hydrogen (secondary N) is 2. The number of nitriles is 1. The molecule has 0 aliphatic rings. The zero-order chi connectivity index (χ0) is 12.7. The molecule has 1 atom stereocenters. The number of carbonyl (C=O) groups excluding carboxylic acids is 1. The van der Waals surface area contributed by atoms with Crippen molar-refractivity contribution in [1.82, 2.24) is 10.6 Å². The minimum absolute atomic E-state index is 0.0549. The van der Waals surface area contributed by atoms with E-state index in [-0.39, 0.29) is 25.0 Å². The van der Waals surface area contributed by atoms with Crippen LogP contribution in [0, 0.1) is 18.3 Å². The van der Waals surface area contributed by atoms with Crippen molar-refractivity contribution in [3.63, 3.8) is 0 Å². The first-order valence-electron chi connectivity index (χ1n) is 5.57. The summed E-state index contributed by atoms with van der Waals surface area (Å²) in [5, 5.41) is 13.9. The standard InChI is InChI=1S/C13H17N3O/c1-10-4-3-5-12(8-10)11(2)16-9-13(17)15-7-6-14/h3-5,8,11,16H,7,9H2,1-2H3,(H,15,17)/t11-/m1/s1. The number of aryl methyl sites for hydroxylation is 1. The Balaban J connectivity index is 2.42. The SMILES string of the molecule is Cc1cccc([C@@H](C)NCC(=O)NCC#N)c1. The van der Waals surface area contributed by atoms with E-state index in [2.05, 4.69) is 16.7 Å². The first kappa shape index (κ1) is 13.2. The van der Waals surface area contributed by atoms with E-state index in [0.717, 1.165) is 5.56 Å². The first-order chi connectivity index (χ1) is 8.13. The van der Waals surface area contributed by atoms with Crippen LogP contribution >= 0.6 is 0 Å². The van der Waals surface area contributed by atoms with E-state index in [1.165, 1.54) is 5.56 Å². The molecule has 0 aromatic heterocycles. The third kappa shape index (κ3) is 4.66. The highest BCUT2D eigenvalue weighted by Crippen LogP contribution is 2.13. The van der Waals surface area contributed by atoms with Gasteiger partial charge in [-0.05, 0) is 19.4 Å². The minimum atomic E-state index is -0.161. The van der Waals surface area contributed by atoms with Crippen molar-refractivity contribution in [3.05, 3.63) is 35.4 Å². The number of benzene rings is 1. The molecule has 0 spiro atoms. The van der Waals surface area contributed by atoms with Crippen LogP contribution in [0.15, 0.2) is 24.3 Å². The first-order valence-corrected chi connectivity index (χ1v) is 5.57. The summed E-state index contributed by atoms with van der Waals surface area (Å²) in [5.41, 5.74) is 2.35. The summed E-state index contributed by atoms with van der Waals surface area (Å²) >= 11 is 0. The molecular weight excluding hydrogens is 214 g/mol. The van der Waals surface area contributed by atoms with Crippen molar-refractivity contribution in [1.29, 1.82) is 5.26 Å². The van der Waals surface area contributed by atoms with Crippen molar-refractivity contribution in [3.8, 4) is 6.07 Å². The van der Waals surface area contributed by atoms with Gasteiger partial charge in [0.1, 0.15) is 6.54 Å². The van der Waals surface area contributed by atoms with Gasteiger partial charge < -0.3 is 10.6 Å². The van der Waals surface area contributed by atoms with Gasteiger partial charge in [-0.3, -0.25) is 4.79 Å². The average molecular weight is 231 g/mol. The average Bonchev–Trinajstić information content (AvgIpc) is 2.33. The lowest BCUT2D eigenvalue weighted by atomic mass is 10.1. The molecule has 0 bridgehead atoms. The molecule has 90 valence electrons. The Labute approximate surface area is 102 Å². The molecule has 17 heavy (non-hydrogen) atoms. The van der Waals surface area contributed by atoms with Gasteiger partial charge in [-0.1, -0.05) is 29.8 Å². The Bertz CT molecular complexity index is 423. The molecule has 0 aliphatic carbocycles. The lowest BCUT2D eigenvalue weighted by Gasteiger charge is -2.14. The van der Waals surface area contributed by atoms with Crippen molar-refractivity contribution < 1.29 is 4.79 Å². The number of nitrogens with zero attached hydrogens (tertiary/aromatic N) is 1. The smallest absolute Gasteiger partial charge is 0.234 e. The Morgan fingerprint density at radius 3 is 2.94 bits per heavy atom. The van der Waals surface area contributed by atoms with Crippen molar-refractivity contribution in [2.75, 3.05) is 13.1 Å². The molecule has 0 unspecified atom stereocenters. The lowest BCUT2D eigenvalue weighted by molar-refractivity contribution is -0.120. The molecule has 1 aromatic carbocycles. The Kier molecular flexibility index (Phi) is 5.18. The van der Waals surface area contributed by atoms with E-state index in [1.54, 1.807) is 0 Å². The summed E-state index contributed by atoms with van der Waals surface area (Å²) in [6.45, 7) is 4.32. The van der Waals surface area contributed by atoms with Gasteiger partial charge in [0.2, 0.25) is 5.91 Å². The quantitative estimate of drug-likeness (QED) is 0.750. The Morgan fingerprint density at radius 2 is 2.29 bits per heavy atom. The van der Waals surface area contributed by atoms with E-state index < -0.39 is 0 Å². The molecule has 1 amide bonds. The van der Waals surface area contributed by atoms with E-state index in [4.69, 9.17) is 5.26 Å². The maximum absolute atomic E-state index is 11.3. The fourth-order valence-corrected chi connectivity index (χ4v) is 1.50. The predicted octanol–water partition coefficient (Wildman–Crippen LogP) is 1.29. The van der Waals surface area contributed by atoms with Crippen molar-refractivity contribution >= 4 is 5.91 Å². The second-order valence-corrected chi connectivity index (χ2v) is 3.95. The highest BCUT2D eigenvalue weighted by Gasteiger charge is 2.07. The van der Waals surface area contributed by atoms with Gasteiger partial charge >= 0.3 is 0 Å². The van der Waals surface area contributed by atoms with Gasteiger partial charge in [0, 0.05) is 6.04 Å². The van der Waals surface area contributed by atoms with Gasteiger partial charge in [0.05, 0.1) is 12.6 Å². The largest absolute Gasteiger partial charge is 0.342 e. The minimum Gasteiger partial charge on any atom is -0.342 e. The summed E-state index contributed by atoms with van der Waals surface area (Å²) in [4.78, 5) is 11.3. The predicted molar refractivity (Wildman–Crippen MR) is 66.2 cm³/mol. The van der Waals surface area contributed by atoms with Gasteiger partial charge in [-0.25, -0.2) is 0 Å². The second-order valence-electron chi connectivity index (χ2n) is 3.95. The van der Waals surface area contributed by atoms with E-state index in [0.29, 0.717) is 0 Å². The van der Waals surface area contributed by atoms with Crippen LogP contribution < -0.4 is 10.6 Å². The maximum atomic E-state index is 11.3. The molecule has 0 aliphatic heterocycles. The number of carbonyl (C=O) groups is 1. The molecule has 4 nitrogen and oxygen atoms in total. The van der Waals surface area contributed by atoms with Crippen LogP contribution in [0.25, 0.3) is 0 Å². The van der Waals surface area contributed by atoms with Crippen molar-refractivity contribution in [2.45, 2.75) is 19.9 Å². The summed E-state index contributed by atoms with van der Waals surface area (Å²) in [6.07, 6.45) is 0. The van der Waals surface area contributed by atoms with Gasteiger partial charge in [0.15, 0.2) is 0 Å². The van der Waals surface area contributed by atoms with E-state index >= 15 is 0 Å². The van der Waals surface area contributed by atoms with Crippen LogP contribution in [-0.4, -0.2) is 19.0 Å². The zero-order valence-electron chi connectivity index (χ0n) is 10.2. The highest BCUT2D eigenvalue weighted by atomic mass is 16.1. The fraction of sp³-hybridized carbons (Fsp3) is 0.385. The molecule has 0 saturated carbocycles. The molecule has 0 saturated heterocycles. The molecule has 2 N–H and O–H groups in total. The molecule has 1 rings (SSSR count). The van der Waals surface area contributed by atoms with E-state index in [1.807, 2.05) is 38.1 Å². The zero-order valence-corrected chi connectivity index (χ0v) is 10.2. The van der Waals surface area contributed by atoms with Gasteiger partial charge in [0.25, 0.3) is 0 Å². The maximum Gasteiger partial charge on any atom is 0.234 e. The highest BCUT2D eigenvalue weighted by molar-refractivity contribution is 5.78. The fourth-order valence-electron chi connectivity index (χ4n) is 1.50. The third-order valence-corrected chi connectivity index (χ3v) is 2.48. The number of hydrogen-bond donors (Lipinski definition) is 2. The topological polar surface area (TPSA) is 64.9 Å². The number of amides is 1. The Hall–Kier alpha value is -1.86. The summed E-state index contributed by atoms with van der Waals surface area (Å²) in [6, 6.07) is 10.1. The Morgan fingerprint density at radius 1 is 1.53 bits per heavy atom. The molecular formula is C13H17N3O. The molecule has 1 aromatic rings. The molecule has 0 radical (unpaired) electrons. The van der Waals surface area contributed by atoms with Crippen LogP contribution in [-0.2, 0) is 4.79 Å². The van der Waals surface area contributed by atoms with Crippen LogP contribution in [0.4, 0.5) is 0 Å². The monoisotopic (exact) mass is 231 g/mol. The van der Waals surface area contributed by atoms with Gasteiger partial charge in [-0.15, -0.1) is 0 Å². The van der Waals surface area contributed by atoms with Crippen LogP contribution in [0.5, 0.6) is 0 Å². The van der Waals surface area contributed by atoms with Crippen LogP contribution in [0.3, 0.4) is 0 Å². The second kappa shape index (κ2) is 6.66. The molecule has 0 fully saturated rings. The van der Waals surface area contributed by atoms with Crippen LogP contribution in [0.2, 0.25) is 0 Å². The van der Waals surface area contributed by atoms with Gasteiger partial charge in [-0.2, -0.15) is 5.26 Å². The summed E-state index contributed by atoms with van der Waals surface area (Å²) in [5.74, 6) is -0.161. The number of rotatable bonds is 5. The lowest BCUT2D eigenvalue weighted by Crippen LogP contribution is -2.35. The number of hydrogen-bond acceptors (Lipinski definition) is 3. The van der Waals surface area contributed by atoms with Crippen LogP contribution in [0.1, 0.15) is 24.1 Å². The van der Waals surface area contributed by atoms with E-state index in [9.17, 15) is 4.79 Å². The summed E-state index contributed by atoms with van der Waals surface area (Å²) in [7, 11) is 0. The molecule has 0 heterocycles.